The lowest BCUT2D eigenvalue weighted by Gasteiger charge is -2.40. The van der Waals surface area contributed by atoms with Crippen LogP contribution in [0.4, 0.5) is 4.79 Å². The molecule has 0 aliphatic carbocycles. The summed E-state index contributed by atoms with van der Waals surface area (Å²) in [6.45, 7) is 4.19. The van der Waals surface area contributed by atoms with Crippen LogP contribution in [0.25, 0.3) is 0 Å². The number of urea groups is 1. The molecule has 2 heterocycles. The fraction of sp³-hybridized carbons (Fsp3) is 0.526. The van der Waals surface area contributed by atoms with E-state index < -0.39 is 0 Å². The van der Waals surface area contributed by atoms with Gasteiger partial charge in [0, 0.05) is 40.3 Å². The maximum atomic E-state index is 12.7. The van der Waals surface area contributed by atoms with E-state index in [0.29, 0.717) is 31.4 Å². The van der Waals surface area contributed by atoms with E-state index in [-0.39, 0.29) is 11.4 Å². The van der Waals surface area contributed by atoms with Crippen LogP contribution in [-0.4, -0.2) is 47.9 Å². The smallest absolute Gasteiger partial charge is 0.317 e. The summed E-state index contributed by atoms with van der Waals surface area (Å²) in [5, 5.41) is 7.16. The highest BCUT2D eigenvalue weighted by atomic mass is 16.5. The van der Waals surface area contributed by atoms with Crippen molar-refractivity contribution < 1.29 is 14.1 Å². The first-order valence-electron chi connectivity index (χ1n) is 8.99. The van der Waals surface area contributed by atoms with Crippen LogP contribution in [0.1, 0.15) is 36.5 Å². The summed E-state index contributed by atoms with van der Waals surface area (Å²) in [7, 11) is 1.68. The highest BCUT2D eigenvalue weighted by molar-refractivity contribution is 5.74. The fourth-order valence-corrected chi connectivity index (χ4v) is 3.50. The van der Waals surface area contributed by atoms with E-state index >= 15 is 0 Å². The number of aryl methyl sites for hydroxylation is 1. The van der Waals surface area contributed by atoms with E-state index in [0.717, 1.165) is 31.4 Å². The van der Waals surface area contributed by atoms with Crippen molar-refractivity contribution in [2.45, 2.75) is 38.1 Å². The van der Waals surface area contributed by atoms with E-state index in [9.17, 15) is 4.79 Å². The maximum Gasteiger partial charge on any atom is 0.317 e. The lowest BCUT2D eigenvalue weighted by atomic mass is 9.76. The Hall–Kier alpha value is -2.41. The number of hydrogen-bond donors (Lipinski definition) is 1. The molecule has 26 heavy (non-hydrogen) atoms. The normalized spacial score (nSPS) is 20.2. The van der Waals surface area contributed by atoms with Crippen LogP contribution in [0.3, 0.4) is 0 Å². The number of nitrogens with zero attached hydrogens (tertiary/aromatic N) is 3. The van der Waals surface area contributed by atoms with Gasteiger partial charge in [0.2, 0.25) is 5.89 Å². The quantitative estimate of drug-likeness (QED) is 0.859. The second kappa shape index (κ2) is 8.31. The maximum absolute atomic E-state index is 12.7. The third kappa shape index (κ3) is 4.22. The molecule has 1 N–H and O–H groups in total. The van der Waals surface area contributed by atoms with Gasteiger partial charge in [-0.2, -0.15) is 4.98 Å². The van der Waals surface area contributed by atoms with Gasteiger partial charge in [-0.1, -0.05) is 35.5 Å². The van der Waals surface area contributed by atoms with Crippen LogP contribution in [0.5, 0.6) is 0 Å². The zero-order chi connectivity index (χ0) is 18.4. The molecule has 2 aromatic rings. The molecule has 0 saturated carbocycles. The van der Waals surface area contributed by atoms with Crippen LogP contribution in [0.15, 0.2) is 34.9 Å². The van der Waals surface area contributed by atoms with Gasteiger partial charge in [0.05, 0.1) is 5.41 Å². The second-order valence-corrected chi connectivity index (χ2v) is 6.83. The number of amides is 2. The van der Waals surface area contributed by atoms with Crippen molar-refractivity contribution in [3.8, 4) is 0 Å². The van der Waals surface area contributed by atoms with Crippen molar-refractivity contribution in [3.05, 3.63) is 47.6 Å². The van der Waals surface area contributed by atoms with E-state index in [4.69, 9.17) is 9.26 Å². The zero-order valence-corrected chi connectivity index (χ0v) is 15.4. The van der Waals surface area contributed by atoms with E-state index in [2.05, 4.69) is 15.5 Å². The minimum atomic E-state index is -0.323. The molecular formula is C19H26N4O3. The van der Waals surface area contributed by atoms with Gasteiger partial charge in [0.1, 0.15) is 0 Å². The van der Waals surface area contributed by atoms with Crippen molar-refractivity contribution in [1.29, 1.82) is 0 Å². The third-order valence-corrected chi connectivity index (χ3v) is 4.94. The summed E-state index contributed by atoms with van der Waals surface area (Å²) >= 11 is 0. The number of aromatic nitrogens is 2. The van der Waals surface area contributed by atoms with Gasteiger partial charge in [-0.3, -0.25) is 0 Å². The van der Waals surface area contributed by atoms with Crippen LogP contribution in [0.2, 0.25) is 0 Å². The van der Waals surface area contributed by atoms with Crippen LogP contribution < -0.4 is 5.32 Å². The van der Waals surface area contributed by atoms with E-state index in [1.54, 1.807) is 14.0 Å². The fourth-order valence-electron chi connectivity index (χ4n) is 3.50. The highest BCUT2D eigenvalue weighted by Crippen LogP contribution is 2.35. The van der Waals surface area contributed by atoms with Gasteiger partial charge in [-0.05, 0) is 24.8 Å². The van der Waals surface area contributed by atoms with Crippen molar-refractivity contribution in [2.24, 2.45) is 0 Å². The minimum absolute atomic E-state index is 0.0597. The number of piperidine rings is 1. The molecule has 3 rings (SSSR count). The van der Waals surface area contributed by atoms with Gasteiger partial charge < -0.3 is 19.5 Å². The lowest BCUT2D eigenvalue weighted by molar-refractivity contribution is 0.106. The molecule has 0 spiro atoms. The number of benzene rings is 1. The lowest BCUT2D eigenvalue weighted by Crippen LogP contribution is -2.52. The molecular weight excluding hydrogens is 332 g/mol. The SMILES string of the molecule is COCCC1(c2noc(C)n2)CCCN(C(=O)NCc2ccccc2)C1. The minimum Gasteiger partial charge on any atom is -0.385 e. The molecule has 0 radical (unpaired) electrons. The molecule has 2 amide bonds. The number of nitrogens with one attached hydrogen (secondary N) is 1. The largest absolute Gasteiger partial charge is 0.385 e. The Labute approximate surface area is 153 Å². The molecule has 1 saturated heterocycles. The van der Waals surface area contributed by atoms with E-state index in [1.807, 2.05) is 35.2 Å². The van der Waals surface area contributed by atoms with Crippen molar-refractivity contribution >= 4 is 6.03 Å². The number of methoxy groups -OCH3 is 1. The molecule has 7 heteroatoms. The van der Waals surface area contributed by atoms with Crippen molar-refractivity contribution in [1.82, 2.24) is 20.4 Å². The molecule has 1 aromatic carbocycles. The highest BCUT2D eigenvalue weighted by Gasteiger charge is 2.42. The molecule has 1 aliphatic heterocycles. The third-order valence-electron chi connectivity index (χ3n) is 4.94. The Morgan fingerprint density at radius 2 is 2.19 bits per heavy atom. The van der Waals surface area contributed by atoms with Crippen LogP contribution in [0, 0.1) is 6.92 Å². The van der Waals surface area contributed by atoms with Crippen molar-refractivity contribution in [3.63, 3.8) is 0 Å². The van der Waals surface area contributed by atoms with Gasteiger partial charge in [-0.25, -0.2) is 4.79 Å². The van der Waals surface area contributed by atoms with Gasteiger partial charge >= 0.3 is 6.03 Å². The van der Waals surface area contributed by atoms with Crippen LogP contribution >= 0.6 is 0 Å². The average molecular weight is 358 g/mol. The number of carbonyl (C=O) groups excluding carboxylic acids is 1. The molecule has 0 bridgehead atoms. The average Bonchev–Trinajstić information content (AvgIpc) is 3.12. The summed E-state index contributed by atoms with van der Waals surface area (Å²) in [5.74, 6) is 1.22. The second-order valence-electron chi connectivity index (χ2n) is 6.83. The number of ether oxygens (including phenoxy) is 1. The number of likely N-dealkylation sites (tertiary alicyclic amines) is 1. The Kier molecular flexibility index (Phi) is 5.88. The number of carbonyl (C=O) groups is 1. The molecule has 1 unspecified atom stereocenters. The molecule has 1 atom stereocenters. The molecule has 1 fully saturated rings. The Bertz CT molecular complexity index is 719. The van der Waals surface area contributed by atoms with Crippen molar-refractivity contribution in [2.75, 3.05) is 26.8 Å². The summed E-state index contributed by atoms with van der Waals surface area (Å²) in [4.78, 5) is 19.0. The molecule has 7 nitrogen and oxygen atoms in total. The van der Waals surface area contributed by atoms with Gasteiger partial charge in [-0.15, -0.1) is 0 Å². The monoisotopic (exact) mass is 358 g/mol. The standard InChI is InChI=1S/C19H26N4O3/c1-15-21-17(22-26-15)19(10-12-25-2)9-6-11-23(14-19)18(24)20-13-16-7-4-3-5-8-16/h3-5,7-8H,6,9-14H2,1-2H3,(H,20,24). The number of hydrogen-bond acceptors (Lipinski definition) is 5. The molecule has 1 aliphatic rings. The summed E-state index contributed by atoms with van der Waals surface area (Å²) in [6, 6.07) is 9.85. The Morgan fingerprint density at radius 1 is 1.38 bits per heavy atom. The number of rotatable bonds is 6. The Morgan fingerprint density at radius 3 is 2.88 bits per heavy atom. The first kappa shape index (κ1) is 18.4. The van der Waals surface area contributed by atoms with E-state index in [1.165, 1.54) is 0 Å². The summed E-state index contributed by atoms with van der Waals surface area (Å²) in [6.07, 6.45) is 2.57. The molecule has 140 valence electrons. The summed E-state index contributed by atoms with van der Waals surface area (Å²) < 4.78 is 10.5. The Balaban J connectivity index is 1.69. The van der Waals surface area contributed by atoms with Gasteiger partial charge in [0.15, 0.2) is 5.82 Å². The topological polar surface area (TPSA) is 80.5 Å². The first-order valence-corrected chi connectivity index (χ1v) is 8.99. The van der Waals surface area contributed by atoms with Crippen LogP contribution in [-0.2, 0) is 16.7 Å². The van der Waals surface area contributed by atoms with Gasteiger partial charge in [0.25, 0.3) is 0 Å². The predicted octanol–water partition coefficient (Wildman–Crippen LogP) is 2.66. The predicted molar refractivity (Wildman–Crippen MR) is 96.7 cm³/mol. The molecule has 1 aromatic heterocycles. The summed E-state index contributed by atoms with van der Waals surface area (Å²) in [5.41, 5.74) is 0.758. The zero-order valence-electron chi connectivity index (χ0n) is 15.4. The first-order chi connectivity index (χ1) is 12.6.